The Kier molecular flexibility index (Phi) is 3.99. The molecule has 5 rings (SSSR count). The van der Waals surface area contributed by atoms with Gasteiger partial charge < -0.3 is 13.9 Å². The van der Waals surface area contributed by atoms with Crippen LogP contribution >= 0.6 is 0 Å². The number of hydrogen-bond acceptors (Lipinski definition) is 4. The van der Waals surface area contributed by atoms with Crippen molar-refractivity contribution in [1.29, 1.82) is 5.26 Å². The fraction of sp³-hybridized carbons (Fsp3) is 0.125. The van der Waals surface area contributed by atoms with Gasteiger partial charge >= 0.3 is 0 Å². The summed E-state index contributed by atoms with van der Waals surface area (Å²) >= 11 is 0. The van der Waals surface area contributed by atoms with E-state index in [-0.39, 0.29) is 0 Å². The highest BCUT2D eigenvalue weighted by Crippen LogP contribution is 2.39. The Morgan fingerprint density at radius 1 is 0.871 bits per heavy atom. The molecule has 0 bridgehead atoms. The average molecular weight is 410 g/mol. The van der Waals surface area contributed by atoms with E-state index in [4.69, 9.17) is 4.74 Å². The number of nitrogens with one attached hydrogen (secondary N) is 1. The normalized spacial score (nSPS) is 13.9. The van der Waals surface area contributed by atoms with E-state index < -0.39 is 11.8 Å². The molecule has 2 aromatic heterocycles. The Morgan fingerprint density at radius 2 is 1.42 bits per heavy atom. The minimum absolute atomic E-state index is 0.337. The standard InChI is InChI=1S/C24H18N4O3/c1-27-11-17(15-6-4-13(10-25)8-19(15)27)21-22(24(30)26-23(21)29)18-12-28(2)20-9-14(31-3)5-7-16(18)20/h4-9,11-12H,1-3H3,(H,26,29,30). The summed E-state index contributed by atoms with van der Waals surface area (Å²) in [6, 6.07) is 13.1. The molecule has 2 amide bonds. The van der Waals surface area contributed by atoms with Crippen LogP contribution in [0.15, 0.2) is 48.8 Å². The number of methoxy groups -OCH3 is 1. The quantitative estimate of drug-likeness (QED) is 0.526. The lowest BCUT2D eigenvalue weighted by atomic mass is 9.95. The molecule has 3 heterocycles. The zero-order chi connectivity index (χ0) is 21.9. The second-order valence-electron chi connectivity index (χ2n) is 7.57. The van der Waals surface area contributed by atoms with Crippen LogP contribution < -0.4 is 10.1 Å². The lowest BCUT2D eigenvalue weighted by Gasteiger charge is -2.04. The van der Waals surface area contributed by atoms with Gasteiger partial charge in [-0.3, -0.25) is 14.9 Å². The molecular weight excluding hydrogens is 392 g/mol. The molecule has 1 N–H and O–H groups in total. The number of nitriles is 1. The van der Waals surface area contributed by atoms with Gasteiger partial charge in [0, 0.05) is 60.0 Å². The van der Waals surface area contributed by atoms with Gasteiger partial charge in [-0.15, -0.1) is 0 Å². The minimum Gasteiger partial charge on any atom is -0.497 e. The van der Waals surface area contributed by atoms with Crippen LogP contribution in [0.25, 0.3) is 33.0 Å². The average Bonchev–Trinajstić information content (AvgIpc) is 3.37. The van der Waals surface area contributed by atoms with E-state index >= 15 is 0 Å². The van der Waals surface area contributed by atoms with Crippen molar-refractivity contribution in [1.82, 2.24) is 14.5 Å². The molecule has 0 saturated heterocycles. The molecule has 0 saturated carbocycles. The molecule has 0 atom stereocenters. The smallest absolute Gasteiger partial charge is 0.259 e. The second-order valence-corrected chi connectivity index (χ2v) is 7.57. The number of ether oxygens (including phenoxy) is 1. The summed E-state index contributed by atoms with van der Waals surface area (Å²) in [7, 11) is 5.35. The first kappa shape index (κ1) is 18.7. The van der Waals surface area contributed by atoms with Crippen molar-refractivity contribution in [3.63, 3.8) is 0 Å². The van der Waals surface area contributed by atoms with Crippen LogP contribution in [-0.4, -0.2) is 28.1 Å². The molecule has 0 spiro atoms. The molecule has 7 heteroatoms. The monoisotopic (exact) mass is 410 g/mol. The van der Waals surface area contributed by atoms with Gasteiger partial charge in [0.2, 0.25) is 0 Å². The summed E-state index contributed by atoms with van der Waals surface area (Å²) in [5.74, 6) is -0.139. The summed E-state index contributed by atoms with van der Waals surface area (Å²) in [6.07, 6.45) is 3.68. The van der Waals surface area contributed by atoms with Gasteiger partial charge in [0.25, 0.3) is 11.8 Å². The van der Waals surface area contributed by atoms with Gasteiger partial charge in [-0.05, 0) is 24.3 Å². The summed E-state index contributed by atoms with van der Waals surface area (Å²) in [6.45, 7) is 0. The maximum absolute atomic E-state index is 12.9. The number of nitrogens with zero attached hydrogens (tertiary/aromatic N) is 3. The molecule has 0 aliphatic carbocycles. The van der Waals surface area contributed by atoms with Gasteiger partial charge in [0.05, 0.1) is 35.4 Å². The number of imide groups is 1. The van der Waals surface area contributed by atoms with Crippen molar-refractivity contribution in [2.45, 2.75) is 0 Å². The second kappa shape index (κ2) is 6.61. The van der Waals surface area contributed by atoms with Crippen LogP contribution in [0.1, 0.15) is 16.7 Å². The van der Waals surface area contributed by atoms with Crippen LogP contribution in [0, 0.1) is 11.3 Å². The third-order valence-corrected chi connectivity index (χ3v) is 5.79. The lowest BCUT2D eigenvalue weighted by Crippen LogP contribution is -2.22. The molecule has 0 fully saturated rings. The maximum atomic E-state index is 12.9. The molecule has 1 aliphatic heterocycles. The highest BCUT2D eigenvalue weighted by molar-refractivity contribution is 6.50. The molecule has 2 aromatic carbocycles. The van der Waals surface area contributed by atoms with Gasteiger partial charge in [-0.25, -0.2) is 0 Å². The summed E-state index contributed by atoms with van der Waals surface area (Å²) in [5.41, 5.74) is 4.27. The van der Waals surface area contributed by atoms with Crippen molar-refractivity contribution in [2.75, 3.05) is 7.11 Å². The Hall–Kier alpha value is -4.31. The summed E-state index contributed by atoms with van der Waals surface area (Å²) in [4.78, 5) is 25.8. The van der Waals surface area contributed by atoms with E-state index in [1.165, 1.54) is 0 Å². The predicted molar refractivity (Wildman–Crippen MR) is 117 cm³/mol. The Labute approximate surface area is 177 Å². The maximum Gasteiger partial charge on any atom is 0.259 e. The van der Waals surface area contributed by atoms with Crippen molar-refractivity contribution in [3.8, 4) is 11.8 Å². The number of carbonyl (C=O) groups excluding carboxylic acids is 2. The van der Waals surface area contributed by atoms with E-state index in [2.05, 4.69) is 11.4 Å². The van der Waals surface area contributed by atoms with Crippen LogP contribution in [0.5, 0.6) is 5.75 Å². The number of aromatic nitrogens is 2. The third kappa shape index (κ3) is 2.66. The van der Waals surface area contributed by atoms with Crippen LogP contribution in [0.2, 0.25) is 0 Å². The Bertz CT molecular complexity index is 1510. The van der Waals surface area contributed by atoms with Crippen molar-refractivity contribution >= 4 is 44.8 Å². The van der Waals surface area contributed by atoms with Gasteiger partial charge in [-0.2, -0.15) is 5.26 Å². The van der Waals surface area contributed by atoms with E-state index in [1.807, 2.05) is 59.9 Å². The zero-order valence-electron chi connectivity index (χ0n) is 17.2. The molecule has 0 unspecified atom stereocenters. The molecule has 31 heavy (non-hydrogen) atoms. The Balaban J connectivity index is 1.82. The van der Waals surface area contributed by atoms with Gasteiger partial charge in [0.1, 0.15) is 5.75 Å². The molecule has 152 valence electrons. The van der Waals surface area contributed by atoms with Crippen molar-refractivity contribution in [2.24, 2.45) is 14.1 Å². The SMILES string of the molecule is COc1ccc2c(C3=C(c4cn(C)c5cc(C#N)ccc45)C(=O)NC3=O)cn(C)c2c1. The first-order valence-electron chi connectivity index (χ1n) is 9.66. The van der Waals surface area contributed by atoms with E-state index in [0.29, 0.717) is 33.6 Å². The van der Waals surface area contributed by atoms with Gasteiger partial charge in [-0.1, -0.05) is 6.07 Å². The van der Waals surface area contributed by atoms with Crippen LogP contribution in [0.4, 0.5) is 0 Å². The molecule has 1 aliphatic rings. The number of hydrogen-bond donors (Lipinski definition) is 1. The van der Waals surface area contributed by atoms with Gasteiger partial charge in [0.15, 0.2) is 0 Å². The topological polar surface area (TPSA) is 89.1 Å². The highest BCUT2D eigenvalue weighted by atomic mass is 16.5. The number of fused-ring (bicyclic) bond motifs is 2. The summed E-state index contributed by atoms with van der Waals surface area (Å²) in [5, 5.41) is 13.3. The Morgan fingerprint density at radius 3 is 1.97 bits per heavy atom. The first-order valence-corrected chi connectivity index (χ1v) is 9.66. The molecule has 0 radical (unpaired) electrons. The number of rotatable bonds is 3. The largest absolute Gasteiger partial charge is 0.497 e. The number of carbonyl (C=O) groups is 2. The highest BCUT2D eigenvalue weighted by Gasteiger charge is 2.35. The molecular formula is C24H18N4O3. The predicted octanol–water partition coefficient (Wildman–Crippen LogP) is 3.12. The van der Waals surface area contributed by atoms with Crippen LogP contribution in [0.3, 0.4) is 0 Å². The zero-order valence-corrected chi connectivity index (χ0v) is 17.2. The number of benzene rings is 2. The molecule has 4 aromatic rings. The first-order chi connectivity index (χ1) is 14.9. The molecule has 7 nitrogen and oxygen atoms in total. The third-order valence-electron chi connectivity index (χ3n) is 5.79. The fourth-order valence-corrected chi connectivity index (χ4v) is 4.31. The summed E-state index contributed by atoms with van der Waals surface area (Å²) < 4.78 is 9.10. The number of aryl methyl sites for hydroxylation is 2. The van der Waals surface area contributed by atoms with Crippen molar-refractivity contribution < 1.29 is 14.3 Å². The number of amides is 2. The van der Waals surface area contributed by atoms with E-state index in [1.54, 1.807) is 19.2 Å². The fourth-order valence-electron chi connectivity index (χ4n) is 4.31. The van der Waals surface area contributed by atoms with Crippen molar-refractivity contribution in [3.05, 3.63) is 65.5 Å². The van der Waals surface area contributed by atoms with Crippen LogP contribution in [-0.2, 0) is 23.7 Å². The minimum atomic E-state index is -0.428. The lowest BCUT2D eigenvalue weighted by molar-refractivity contribution is -0.122. The van der Waals surface area contributed by atoms with E-state index in [0.717, 1.165) is 21.8 Å². The van der Waals surface area contributed by atoms with E-state index in [9.17, 15) is 14.9 Å².